The van der Waals surface area contributed by atoms with Gasteiger partial charge in [-0.1, -0.05) is 51.1 Å². The molecular weight excluding hydrogens is 403 g/mol. The molecule has 0 radical (unpaired) electrons. The number of rotatable bonds is 4. The molecule has 1 N–H and O–H groups in total. The third kappa shape index (κ3) is 3.51. The molecule has 4 nitrogen and oxygen atoms in total. The standard InChI is InChI=1S/C24H24F3N3O/c1-21(2,3)23(31,19-13-28-15-29-14-19)20-9-6-17(12-30-20)16-4-7-18(8-5-16)22(10-11-22)24(25,26)27/h4-9,12-15,31H,10-11H2,1-3H3. The summed E-state index contributed by atoms with van der Waals surface area (Å²) >= 11 is 0. The molecule has 4 rings (SSSR count). The molecule has 1 aliphatic rings. The lowest BCUT2D eigenvalue weighted by molar-refractivity contribution is -0.160. The first kappa shape index (κ1) is 21.4. The number of hydrogen-bond donors (Lipinski definition) is 1. The summed E-state index contributed by atoms with van der Waals surface area (Å²) in [6.07, 6.45) is 2.22. The minimum atomic E-state index is -4.23. The number of pyridine rings is 1. The monoisotopic (exact) mass is 427 g/mol. The van der Waals surface area contributed by atoms with Gasteiger partial charge < -0.3 is 5.11 Å². The Bertz CT molecular complexity index is 1050. The van der Waals surface area contributed by atoms with Crippen LogP contribution >= 0.6 is 0 Å². The molecule has 1 unspecified atom stereocenters. The van der Waals surface area contributed by atoms with Gasteiger partial charge in [-0.25, -0.2) is 9.97 Å². The summed E-state index contributed by atoms with van der Waals surface area (Å²) in [5.74, 6) is 0. The highest BCUT2D eigenvalue weighted by Crippen LogP contribution is 2.59. The van der Waals surface area contributed by atoms with Crippen molar-refractivity contribution in [2.24, 2.45) is 5.41 Å². The summed E-state index contributed by atoms with van der Waals surface area (Å²) in [6.45, 7) is 5.72. The van der Waals surface area contributed by atoms with Crippen LogP contribution in [0.2, 0.25) is 0 Å². The van der Waals surface area contributed by atoms with Crippen LogP contribution in [0.5, 0.6) is 0 Å². The van der Waals surface area contributed by atoms with Gasteiger partial charge in [-0.2, -0.15) is 13.2 Å². The molecular formula is C24H24F3N3O. The fourth-order valence-corrected chi connectivity index (χ4v) is 4.07. The van der Waals surface area contributed by atoms with Gasteiger partial charge in [0.2, 0.25) is 0 Å². The molecule has 0 spiro atoms. The minimum absolute atomic E-state index is 0.140. The Labute approximate surface area is 179 Å². The van der Waals surface area contributed by atoms with Crippen LogP contribution in [0.15, 0.2) is 61.3 Å². The van der Waals surface area contributed by atoms with E-state index < -0.39 is 22.6 Å². The lowest BCUT2D eigenvalue weighted by atomic mass is 9.70. The third-order valence-corrected chi connectivity index (χ3v) is 6.26. The SMILES string of the molecule is CC(C)(C)C(O)(c1cncnc1)c1ccc(-c2ccc(C3(C(F)(F)F)CC3)cc2)cn1. The van der Waals surface area contributed by atoms with E-state index >= 15 is 0 Å². The molecule has 1 aliphatic carbocycles. The molecule has 0 saturated heterocycles. The largest absolute Gasteiger partial charge is 0.398 e. The Morgan fingerprint density at radius 1 is 0.839 bits per heavy atom. The molecule has 0 bridgehead atoms. The van der Waals surface area contributed by atoms with E-state index in [4.69, 9.17) is 0 Å². The average Bonchev–Trinajstić information content (AvgIpc) is 3.55. The van der Waals surface area contributed by atoms with E-state index in [1.54, 1.807) is 48.9 Å². The molecule has 31 heavy (non-hydrogen) atoms. The van der Waals surface area contributed by atoms with E-state index in [0.29, 0.717) is 16.8 Å². The van der Waals surface area contributed by atoms with Crippen LogP contribution in [0.4, 0.5) is 13.2 Å². The van der Waals surface area contributed by atoms with Crippen molar-refractivity contribution in [1.29, 1.82) is 0 Å². The van der Waals surface area contributed by atoms with Gasteiger partial charge in [-0.05, 0) is 30.0 Å². The highest BCUT2D eigenvalue weighted by atomic mass is 19.4. The van der Waals surface area contributed by atoms with Crippen molar-refractivity contribution in [3.8, 4) is 11.1 Å². The first-order valence-corrected chi connectivity index (χ1v) is 10.1. The van der Waals surface area contributed by atoms with Gasteiger partial charge >= 0.3 is 6.18 Å². The maximum absolute atomic E-state index is 13.4. The predicted octanol–water partition coefficient (Wildman–Crippen LogP) is 5.41. The smallest absolute Gasteiger partial charge is 0.378 e. The maximum Gasteiger partial charge on any atom is 0.398 e. The number of benzene rings is 1. The molecule has 1 atom stereocenters. The normalized spacial score (nSPS) is 17.8. The number of alkyl halides is 3. The van der Waals surface area contributed by atoms with Crippen LogP contribution in [0.25, 0.3) is 11.1 Å². The van der Waals surface area contributed by atoms with E-state index in [-0.39, 0.29) is 12.8 Å². The van der Waals surface area contributed by atoms with Crippen LogP contribution < -0.4 is 0 Å². The van der Waals surface area contributed by atoms with Crippen LogP contribution in [0.1, 0.15) is 50.4 Å². The van der Waals surface area contributed by atoms with Crippen LogP contribution in [0.3, 0.4) is 0 Å². The molecule has 0 amide bonds. The minimum Gasteiger partial charge on any atom is -0.378 e. The van der Waals surface area contributed by atoms with E-state index in [1.165, 1.54) is 6.33 Å². The second-order valence-corrected chi connectivity index (χ2v) is 9.18. The Hall–Kier alpha value is -2.80. The topological polar surface area (TPSA) is 58.9 Å². The molecule has 162 valence electrons. The summed E-state index contributed by atoms with van der Waals surface area (Å²) in [6, 6.07) is 10.0. The van der Waals surface area contributed by atoms with Crippen molar-refractivity contribution in [2.45, 2.75) is 50.8 Å². The van der Waals surface area contributed by atoms with Crippen molar-refractivity contribution in [3.05, 3.63) is 78.1 Å². The zero-order valence-corrected chi connectivity index (χ0v) is 17.6. The van der Waals surface area contributed by atoms with Crippen molar-refractivity contribution in [1.82, 2.24) is 15.0 Å². The number of halogens is 3. The molecule has 3 aromatic rings. The van der Waals surface area contributed by atoms with E-state index in [2.05, 4.69) is 15.0 Å². The summed E-state index contributed by atoms with van der Waals surface area (Å²) in [4.78, 5) is 12.6. The van der Waals surface area contributed by atoms with Crippen molar-refractivity contribution in [2.75, 3.05) is 0 Å². The lowest BCUT2D eigenvalue weighted by Crippen LogP contribution is -2.42. The Morgan fingerprint density at radius 2 is 1.42 bits per heavy atom. The number of nitrogens with zero attached hydrogens (tertiary/aromatic N) is 3. The molecule has 7 heteroatoms. The summed E-state index contributed by atoms with van der Waals surface area (Å²) in [7, 11) is 0. The summed E-state index contributed by atoms with van der Waals surface area (Å²) in [5, 5.41) is 11.6. The van der Waals surface area contributed by atoms with E-state index in [9.17, 15) is 18.3 Å². The highest BCUT2D eigenvalue weighted by Gasteiger charge is 2.64. The number of aromatic nitrogens is 3. The lowest BCUT2D eigenvalue weighted by Gasteiger charge is -2.39. The number of hydrogen-bond acceptors (Lipinski definition) is 4. The van der Waals surface area contributed by atoms with E-state index in [0.717, 1.165) is 11.1 Å². The molecule has 2 aromatic heterocycles. The molecule has 1 aromatic carbocycles. The zero-order chi connectivity index (χ0) is 22.5. The van der Waals surface area contributed by atoms with Crippen LogP contribution in [-0.2, 0) is 11.0 Å². The number of aliphatic hydroxyl groups is 1. The molecule has 2 heterocycles. The van der Waals surface area contributed by atoms with Crippen molar-refractivity contribution >= 4 is 0 Å². The molecule has 1 fully saturated rings. The average molecular weight is 427 g/mol. The van der Waals surface area contributed by atoms with Gasteiger partial charge in [0.05, 0.1) is 11.1 Å². The highest BCUT2D eigenvalue weighted by molar-refractivity contribution is 5.63. The second-order valence-electron chi connectivity index (χ2n) is 9.18. The Kier molecular flexibility index (Phi) is 4.92. The fraction of sp³-hybridized carbons (Fsp3) is 0.375. The van der Waals surface area contributed by atoms with Gasteiger partial charge in [0.25, 0.3) is 0 Å². The van der Waals surface area contributed by atoms with Crippen LogP contribution in [-0.4, -0.2) is 26.2 Å². The van der Waals surface area contributed by atoms with Crippen LogP contribution in [0, 0.1) is 5.41 Å². The van der Waals surface area contributed by atoms with Gasteiger partial charge in [0, 0.05) is 35.1 Å². The predicted molar refractivity (Wildman–Crippen MR) is 111 cm³/mol. The second kappa shape index (κ2) is 7.12. The maximum atomic E-state index is 13.4. The summed E-state index contributed by atoms with van der Waals surface area (Å²) in [5.41, 5.74) is -0.881. The molecule has 0 aliphatic heterocycles. The van der Waals surface area contributed by atoms with Gasteiger partial charge in [-0.15, -0.1) is 0 Å². The Balaban J connectivity index is 1.65. The zero-order valence-electron chi connectivity index (χ0n) is 17.6. The van der Waals surface area contributed by atoms with E-state index in [1.807, 2.05) is 26.8 Å². The van der Waals surface area contributed by atoms with Crippen molar-refractivity contribution in [3.63, 3.8) is 0 Å². The summed E-state index contributed by atoms with van der Waals surface area (Å²) < 4.78 is 40.1. The van der Waals surface area contributed by atoms with Gasteiger partial charge in [0.15, 0.2) is 0 Å². The molecule has 1 saturated carbocycles. The first-order valence-electron chi connectivity index (χ1n) is 10.1. The first-order chi connectivity index (χ1) is 14.5. The van der Waals surface area contributed by atoms with Crippen molar-refractivity contribution < 1.29 is 18.3 Å². The quantitative estimate of drug-likeness (QED) is 0.605. The van der Waals surface area contributed by atoms with Gasteiger partial charge in [-0.3, -0.25) is 4.98 Å². The Morgan fingerprint density at radius 3 is 1.87 bits per heavy atom. The van der Waals surface area contributed by atoms with Gasteiger partial charge in [0.1, 0.15) is 11.9 Å². The third-order valence-electron chi connectivity index (χ3n) is 6.26. The fourth-order valence-electron chi connectivity index (χ4n) is 4.07.